The summed E-state index contributed by atoms with van der Waals surface area (Å²) >= 11 is 0. The molecule has 1 heterocycles. The summed E-state index contributed by atoms with van der Waals surface area (Å²) in [7, 11) is 0. The molecular formula is C11H12N2O2. The molecule has 1 aromatic heterocycles. The predicted octanol–water partition coefficient (Wildman–Crippen LogP) is 1.20. The van der Waals surface area contributed by atoms with Crippen molar-refractivity contribution in [2.45, 2.75) is 13.0 Å². The second-order valence-corrected chi connectivity index (χ2v) is 3.35. The molecule has 0 aliphatic heterocycles. The highest BCUT2D eigenvalue weighted by atomic mass is 16.3. The molecule has 0 unspecified atom stereocenters. The monoisotopic (exact) mass is 204 g/mol. The van der Waals surface area contributed by atoms with Gasteiger partial charge in [-0.15, -0.1) is 0 Å². The molecule has 0 bridgehead atoms. The minimum absolute atomic E-state index is 0.0722. The Hall–Kier alpha value is -1.81. The summed E-state index contributed by atoms with van der Waals surface area (Å²) in [6, 6.07) is 8.95. The zero-order chi connectivity index (χ0) is 10.7. The van der Waals surface area contributed by atoms with E-state index in [1.807, 2.05) is 12.1 Å². The largest absolute Gasteiger partial charge is 0.508 e. The number of hydrogen-bond donors (Lipinski definition) is 3. The lowest BCUT2D eigenvalue weighted by Crippen LogP contribution is -1.88. The zero-order valence-electron chi connectivity index (χ0n) is 8.14. The molecule has 0 saturated heterocycles. The van der Waals surface area contributed by atoms with Gasteiger partial charge in [0.15, 0.2) is 0 Å². The minimum atomic E-state index is -0.0722. The van der Waals surface area contributed by atoms with Gasteiger partial charge in [-0.25, -0.2) is 0 Å². The minimum Gasteiger partial charge on any atom is -0.508 e. The molecule has 0 amide bonds. The molecule has 0 atom stereocenters. The number of phenolic OH excluding ortho intramolecular Hbond substituents is 1. The summed E-state index contributed by atoms with van der Waals surface area (Å²) in [6.45, 7) is -0.0722. The lowest BCUT2D eigenvalue weighted by molar-refractivity contribution is 0.276. The fraction of sp³-hybridized carbons (Fsp3) is 0.182. The van der Waals surface area contributed by atoms with Gasteiger partial charge in [0.05, 0.1) is 12.3 Å². The van der Waals surface area contributed by atoms with Gasteiger partial charge in [-0.2, -0.15) is 5.10 Å². The Morgan fingerprint density at radius 2 is 2.07 bits per heavy atom. The number of aromatic nitrogens is 2. The van der Waals surface area contributed by atoms with Crippen molar-refractivity contribution in [2.24, 2.45) is 0 Å². The number of aliphatic hydroxyl groups excluding tert-OH is 1. The number of H-pyrrole nitrogens is 1. The third-order valence-corrected chi connectivity index (χ3v) is 2.22. The molecule has 0 saturated carbocycles. The van der Waals surface area contributed by atoms with Crippen LogP contribution in [0, 0.1) is 0 Å². The fourth-order valence-corrected chi connectivity index (χ4v) is 1.45. The van der Waals surface area contributed by atoms with Gasteiger partial charge in [0.1, 0.15) is 5.75 Å². The number of phenols is 1. The highest BCUT2D eigenvalue weighted by Crippen LogP contribution is 2.18. The van der Waals surface area contributed by atoms with Crippen LogP contribution >= 0.6 is 0 Å². The average molecular weight is 204 g/mol. The fourth-order valence-electron chi connectivity index (χ4n) is 1.45. The number of aromatic hydroxyl groups is 1. The lowest BCUT2D eigenvalue weighted by Gasteiger charge is -2.01. The molecule has 0 fully saturated rings. The summed E-state index contributed by atoms with van der Waals surface area (Å²) in [5.41, 5.74) is 2.33. The maximum atomic E-state index is 9.55. The van der Waals surface area contributed by atoms with E-state index in [0.29, 0.717) is 12.1 Å². The Morgan fingerprint density at radius 1 is 1.27 bits per heavy atom. The van der Waals surface area contributed by atoms with Crippen molar-refractivity contribution >= 4 is 0 Å². The molecule has 4 nitrogen and oxygen atoms in total. The third kappa shape index (κ3) is 2.16. The van der Waals surface area contributed by atoms with Gasteiger partial charge in [0, 0.05) is 12.1 Å². The van der Waals surface area contributed by atoms with Crippen LogP contribution in [0.3, 0.4) is 0 Å². The lowest BCUT2D eigenvalue weighted by atomic mass is 10.1. The Labute approximate surface area is 87.2 Å². The normalized spacial score (nSPS) is 10.5. The van der Waals surface area contributed by atoms with Crippen molar-refractivity contribution in [3.8, 4) is 5.75 Å². The Morgan fingerprint density at radius 3 is 2.73 bits per heavy atom. The summed E-state index contributed by atoms with van der Waals surface area (Å²) in [5, 5.41) is 25.1. The van der Waals surface area contributed by atoms with Gasteiger partial charge >= 0.3 is 0 Å². The number of aromatic amines is 1. The van der Waals surface area contributed by atoms with E-state index in [1.54, 1.807) is 18.2 Å². The van der Waals surface area contributed by atoms with E-state index in [2.05, 4.69) is 10.2 Å². The van der Waals surface area contributed by atoms with E-state index in [-0.39, 0.29) is 12.4 Å². The SMILES string of the molecule is OCc1cc(Cc2ccccc2O)[nH]n1. The van der Waals surface area contributed by atoms with Crippen LogP contribution in [0.5, 0.6) is 5.75 Å². The molecule has 2 rings (SSSR count). The number of nitrogens with zero attached hydrogens (tertiary/aromatic N) is 1. The van der Waals surface area contributed by atoms with E-state index >= 15 is 0 Å². The number of hydrogen-bond acceptors (Lipinski definition) is 3. The molecule has 2 aromatic rings. The number of para-hydroxylation sites is 1. The Balaban J connectivity index is 2.18. The van der Waals surface area contributed by atoms with E-state index < -0.39 is 0 Å². The molecule has 1 aromatic carbocycles. The van der Waals surface area contributed by atoms with Crippen molar-refractivity contribution in [2.75, 3.05) is 0 Å². The first-order valence-corrected chi connectivity index (χ1v) is 4.70. The molecule has 3 N–H and O–H groups in total. The van der Waals surface area contributed by atoms with E-state index in [1.165, 1.54) is 0 Å². The van der Waals surface area contributed by atoms with Crippen molar-refractivity contribution in [1.29, 1.82) is 0 Å². The number of aliphatic hydroxyl groups is 1. The molecule has 0 aliphatic rings. The molecular weight excluding hydrogens is 192 g/mol. The third-order valence-electron chi connectivity index (χ3n) is 2.22. The second-order valence-electron chi connectivity index (χ2n) is 3.35. The Kier molecular flexibility index (Phi) is 2.69. The highest BCUT2D eigenvalue weighted by Gasteiger charge is 2.04. The van der Waals surface area contributed by atoms with Gasteiger partial charge in [0.2, 0.25) is 0 Å². The van der Waals surface area contributed by atoms with Crippen LogP contribution in [0.2, 0.25) is 0 Å². The number of nitrogens with one attached hydrogen (secondary N) is 1. The number of benzene rings is 1. The van der Waals surface area contributed by atoms with Gasteiger partial charge in [0.25, 0.3) is 0 Å². The first-order chi connectivity index (χ1) is 7.29. The molecule has 15 heavy (non-hydrogen) atoms. The van der Waals surface area contributed by atoms with Crippen LogP contribution in [0.4, 0.5) is 0 Å². The van der Waals surface area contributed by atoms with Crippen molar-refractivity contribution < 1.29 is 10.2 Å². The topological polar surface area (TPSA) is 69.1 Å². The standard InChI is InChI=1S/C11H12N2O2/c14-7-10-6-9(12-13-10)5-8-3-1-2-4-11(8)15/h1-4,6,14-15H,5,7H2,(H,12,13). The smallest absolute Gasteiger partial charge is 0.119 e. The molecule has 4 heteroatoms. The van der Waals surface area contributed by atoms with Crippen molar-refractivity contribution in [3.05, 3.63) is 47.3 Å². The van der Waals surface area contributed by atoms with E-state index in [4.69, 9.17) is 5.11 Å². The molecule has 78 valence electrons. The summed E-state index contributed by atoms with van der Waals surface area (Å²) in [5.74, 6) is 0.276. The zero-order valence-corrected chi connectivity index (χ0v) is 8.14. The molecule has 0 radical (unpaired) electrons. The first-order valence-electron chi connectivity index (χ1n) is 4.70. The second kappa shape index (κ2) is 4.14. The van der Waals surface area contributed by atoms with Crippen molar-refractivity contribution in [1.82, 2.24) is 10.2 Å². The summed E-state index contributed by atoms with van der Waals surface area (Å²) < 4.78 is 0. The van der Waals surface area contributed by atoms with Gasteiger partial charge in [-0.3, -0.25) is 5.10 Å². The number of rotatable bonds is 3. The van der Waals surface area contributed by atoms with Crippen LogP contribution in [-0.2, 0) is 13.0 Å². The predicted molar refractivity (Wildman–Crippen MR) is 55.4 cm³/mol. The van der Waals surface area contributed by atoms with E-state index in [0.717, 1.165) is 11.3 Å². The van der Waals surface area contributed by atoms with Gasteiger partial charge < -0.3 is 10.2 Å². The maximum Gasteiger partial charge on any atom is 0.119 e. The molecule has 0 spiro atoms. The van der Waals surface area contributed by atoms with E-state index in [9.17, 15) is 5.11 Å². The van der Waals surface area contributed by atoms with Crippen LogP contribution in [0.1, 0.15) is 17.0 Å². The van der Waals surface area contributed by atoms with Crippen molar-refractivity contribution in [3.63, 3.8) is 0 Å². The molecule has 0 aliphatic carbocycles. The summed E-state index contributed by atoms with van der Waals surface area (Å²) in [4.78, 5) is 0. The van der Waals surface area contributed by atoms with Crippen LogP contribution in [-0.4, -0.2) is 20.4 Å². The summed E-state index contributed by atoms with van der Waals surface area (Å²) in [6.07, 6.45) is 0.583. The van der Waals surface area contributed by atoms with Crippen LogP contribution < -0.4 is 0 Å². The van der Waals surface area contributed by atoms with Crippen LogP contribution in [0.15, 0.2) is 30.3 Å². The Bertz CT molecular complexity index is 451. The van der Waals surface area contributed by atoms with Crippen LogP contribution in [0.25, 0.3) is 0 Å². The maximum absolute atomic E-state index is 9.55. The van der Waals surface area contributed by atoms with Gasteiger partial charge in [-0.1, -0.05) is 18.2 Å². The average Bonchev–Trinajstić information content (AvgIpc) is 2.69. The highest BCUT2D eigenvalue weighted by molar-refractivity contribution is 5.34. The first kappa shape index (κ1) is 9.73. The quantitative estimate of drug-likeness (QED) is 0.703. The van der Waals surface area contributed by atoms with Gasteiger partial charge in [-0.05, 0) is 17.7 Å².